The Balaban J connectivity index is 1.89. The summed E-state index contributed by atoms with van der Waals surface area (Å²) in [6.45, 7) is 5.74. The predicted molar refractivity (Wildman–Crippen MR) is 65.3 cm³/mol. The molecule has 0 bridgehead atoms. The summed E-state index contributed by atoms with van der Waals surface area (Å²) in [5.41, 5.74) is 0.107. The van der Waals surface area contributed by atoms with Crippen molar-refractivity contribution in [2.45, 2.75) is 58.5 Å². The molecule has 1 N–H and O–H groups in total. The Labute approximate surface area is 99.4 Å². The minimum Gasteiger partial charge on any atom is -0.396 e. The molecule has 1 heterocycles. The van der Waals surface area contributed by atoms with Crippen LogP contribution in [0.3, 0.4) is 0 Å². The molecule has 2 fully saturated rings. The molecule has 2 nitrogen and oxygen atoms in total. The minimum atomic E-state index is 0.107. The molecule has 0 aromatic rings. The maximum absolute atomic E-state index is 9.75. The molecule has 2 aliphatic rings. The number of aliphatic hydroxyl groups is 1. The average molecular weight is 226 g/mol. The molecule has 1 aliphatic carbocycles. The van der Waals surface area contributed by atoms with Crippen LogP contribution in [0.5, 0.6) is 0 Å². The second kappa shape index (κ2) is 5.05. The molecular formula is C14H26O2. The third-order valence-electron chi connectivity index (χ3n) is 4.32. The van der Waals surface area contributed by atoms with Crippen molar-refractivity contribution in [2.75, 3.05) is 13.2 Å². The molecule has 1 saturated heterocycles. The Kier molecular flexibility index (Phi) is 3.91. The third-order valence-corrected chi connectivity index (χ3v) is 4.32. The Bertz CT molecular complexity index is 223. The van der Waals surface area contributed by atoms with E-state index in [0.29, 0.717) is 12.7 Å². The predicted octanol–water partition coefficient (Wildman–Crippen LogP) is 2.99. The highest BCUT2D eigenvalue weighted by molar-refractivity contribution is 4.99. The monoisotopic (exact) mass is 226 g/mol. The van der Waals surface area contributed by atoms with Crippen LogP contribution in [0.2, 0.25) is 0 Å². The smallest absolute Gasteiger partial charge is 0.0682 e. The largest absolute Gasteiger partial charge is 0.396 e. The molecule has 16 heavy (non-hydrogen) atoms. The number of ether oxygens (including phenoxy) is 1. The van der Waals surface area contributed by atoms with Crippen molar-refractivity contribution in [1.82, 2.24) is 0 Å². The lowest BCUT2D eigenvalue weighted by Gasteiger charge is -2.32. The van der Waals surface area contributed by atoms with Crippen molar-refractivity contribution in [2.24, 2.45) is 17.3 Å². The zero-order chi connectivity index (χ0) is 11.6. The van der Waals surface area contributed by atoms with Gasteiger partial charge in [0.1, 0.15) is 0 Å². The van der Waals surface area contributed by atoms with Crippen molar-refractivity contribution in [3.8, 4) is 0 Å². The molecule has 0 aromatic heterocycles. The van der Waals surface area contributed by atoms with Gasteiger partial charge in [-0.05, 0) is 37.5 Å². The van der Waals surface area contributed by atoms with Gasteiger partial charge < -0.3 is 9.84 Å². The van der Waals surface area contributed by atoms with Crippen LogP contribution >= 0.6 is 0 Å². The van der Waals surface area contributed by atoms with Gasteiger partial charge in [0.2, 0.25) is 0 Å². The van der Waals surface area contributed by atoms with E-state index in [-0.39, 0.29) is 5.41 Å². The van der Waals surface area contributed by atoms with Crippen molar-refractivity contribution in [3.63, 3.8) is 0 Å². The lowest BCUT2D eigenvalue weighted by Crippen LogP contribution is -2.36. The van der Waals surface area contributed by atoms with Gasteiger partial charge >= 0.3 is 0 Å². The number of rotatable bonds is 6. The lowest BCUT2D eigenvalue weighted by atomic mass is 9.75. The second-order valence-corrected chi connectivity index (χ2v) is 6.19. The molecule has 0 aromatic carbocycles. The van der Waals surface area contributed by atoms with Gasteiger partial charge in [-0.2, -0.15) is 0 Å². The quantitative estimate of drug-likeness (QED) is 0.754. The summed E-state index contributed by atoms with van der Waals surface area (Å²) in [6, 6.07) is 0. The van der Waals surface area contributed by atoms with Gasteiger partial charge in [0.15, 0.2) is 0 Å². The van der Waals surface area contributed by atoms with Gasteiger partial charge in [0.05, 0.1) is 12.7 Å². The highest BCUT2D eigenvalue weighted by atomic mass is 16.5. The highest BCUT2D eigenvalue weighted by Crippen LogP contribution is 2.50. The van der Waals surface area contributed by atoms with Crippen LogP contribution in [0.25, 0.3) is 0 Å². The Morgan fingerprint density at radius 3 is 2.69 bits per heavy atom. The SMILES string of the molecule is CC(C)CCCC1(CO)CCOC1C1CC1. The van der Waals surface area contributed by atoms with Gasteiger partial charge in [0.25, 0.3) is 0 Å². The highest BCUT2D eigenvalue weighted by Gasteiger charge is 2.50. The van der Waals surface area contributed by atoms with Crippen molar-refractivity contribution < 1.29 is 9.84 Å². The topological polar surface area (TPSA) is 29.5 Å². The first-order chi connectivity index (χ1) is 7.68. The summed E-state index contributed by atoms with van der Waals surface area (Å²) < 4.78 is 5.88. The van der Waals surface area contributed by atoms with Crippen LogP contribution in [0.4, 0.5) is 0 Å². The standard InChI is InChI=1S/C14H26O2/c1-11(2)4-3-7-14(10-15)8-9-16-13(14)12-5-6-12/h11-13,15H,3-10H2,1-2H3. The van der Waals surface area contributed by atoms with E-state index < -0.39 is 0 Å². The van der Waals surface area contributed by atoms with E-state index in [1.54, 1.807) is 0 Å². The first-order valence-electron chi connectivity index (χ1n) is 6.90. The van der Waals surface area contributed by atoms with Crippen LogP contribution in [0.15, 0.2) is 0 Å². The van der Waals surface area contributed by atoms with Gasteiger partial charge in [-0.1, -0.05) is 26.7 Å². The minimum absolute atomic E-state index is 0.107. The second-order valence-electron chi connectivity index (χ2n) is 6.19. The summed E-state index contributed by atoms with van der Waals surface area (Å²) >= 11 is 0. The van der Waals surface area contributed by atoms with E-state index >= 15 is 0 Å². The van der Waals surface area contributed by atoms with E-state index in [0.717, 1.165) is 31.3 Å². The van der Waals surface area contributed by atoms with Crippen LogP contribution < -0.4 is 0 Å². The zero-order valence-corrected chi connectivity index (χ0v) is 10.7. The van der Waals surface area contributed by atoms with E-state index in [4.69, 9.17) is 4.74 Å². The number of hydrogen-bond donors (Lipinski definition) is 1. The molecule has 94 valence electrons. The fourth-order valence-corrected chi connectivity index (χ4v) is 3.12. The van der Waals surface area contributed by atoms with Gasteiger partial charge in [-0.15, -0.1) is 0 Å². The Hall–Kier alpha value is -0.0800. The molecule has 2 rings (SSSR count). The fraction of sp³-hybridized carbons (Fsp3) is 1.00. The molecule has 0 amide bonds. The summed E-state index contributed by atoms with van der Waals surface area (Å²) in [7, 11) is 0. The molecule has 2 heteroatoms. The van der Waals surface area contributed by atoms with Crippen molar-refractivity contribution in [1.29, 1.82) is 0 Å². The number of aliphatic hydroxyl groups excluding tert-OH is 1. The third kappa shape index (κ3) is 2.60. The van der Waals surface area contributed by atoms with Gasteiger partial charge in [0, 0.05) is 12.0 Å². The Morgan fingerprint density at radius 2 is 2.12 bits per heavy atom. The molecule has 2 unspecified atom stereocenters. The van der Waals surface area contributed by atoms with Crippen molar-refractivity contribution in [3.05, 3.63) is 0 Å². The molecule has 1 saturated carbocycles. The lowest BCUT2D eigenvalue weighted by molar-refractivity contribution is -0.00585. The van der Waals surface area contributed by atoms with E-state index in [2.05, 4.69) is 13.8 Å². The van der Waals surface area contributed by atoms with Gasteiger partial charge in [-0.25, -0.2) is 0 Å². The van der Waals surface area contributed by atoms with E-state index in [9.17, 15) is 5.11 Å². The Morgan fingerprint density at radius 1 is 1.38 bits per heavy atom. The normalized spacial score (nSPS) is 34.9. The first-order valence-corrected chi connectivity index (χ1v) is 6.90. The summed E-state index contributed by atoms with van der Waals surface area (Å²) in [6.07, 6.45) is 7.74. The van der Waals surface area contributed by atoms with E-state index in [1.165, 1.54) is 25.7 Å². The maximum atomic E-state index is 9.75. The van der Waals surface area contributed by atoms with Crippen LogP contribution in [0.1, 0.15) is 52.4 Å². The molecular weight excluding hydrogens is 200 g/mol. The average Bonchev–Trinajstić information content (AvgIpc) is 3.00. The molecule has 1 aliphatic heterocycles. The summed E-state index contributed by atoms with van der Waals surface area (Å²) in [5.74, 6) is 1.53. The first kappa shape index (κ1) is 12.4. The molecule has 2 atom stereocenters. The van der Waals surface area contributed by atoms with Crippen LogP contribution in [-0.2, 0) is 4.74 Å². The summed E-state index contributed by atoms with van der Waals surface area (Å²) in [5, 5.41) is 9.75. The van der Waals surface area contributed by atoms with Crippen molar-refractivity contribution >= 4 is 0 Å². The van der Waals surface area contributed by atoms with Gasteiger partial charge in [-0.3, -0.25) is 0 Å². The number of hydrogen-bond acceptors (Lipinski definition) is 2. The maximum Gasteiger partial charge on any atom is 0.0682 e. The molecule has 0 spiro atoms. The summed E-state index contributed by atoms with van der Waals surface area (Å²) in [4.78, 5) is 0. The van der Waals surface area contributed by atoms with E-state index in [1.807, 2.05) is 0 Å². The molecule has 0 radical (unpaired) electrons. The van der Waals surface area contributed by atoms with Crippen LogP contribution in [0, 0.1) is 17.3 Å². The zero-order valence-electron chi connectivity index (χ0n) is 10.7. The van der Waals surface area contributed by atoms with Crippen LogP contribution in [-0.4, -0.2) is 24.4 Å². The fourth-order valence-electron chi connectivity index (χ4n) is 3.12.